The van der Waals surface area contributed by atoms with Crippen LogP contribution in [0.2, 0.25) is 5.02 Å². The Balaban J connectivity index is 2.23. The number of aromatic nitrogens is 3. The van der Waals surface area contributed by atoms with Crippen LogP contribution in [0.1, 0.15) is 5.82 Å². The number of aryl methyl sites for hydroxylation is 1. The summed E-state index contributed by atoms with van der Waals surface area (Å²) < 4.78 is 1.73. The molecule has 0 spiro atoms. The van der Waals surface area contributed by atoms with Crippen molar-refractivity contribution in [2.24, 2.45) is 7.05 Å². The van der Waals surface area contributed by atoms with Crippen molar-refractivity contribution in [3.63, 3.8) is 0 Å². The predicted octanol–water partition coefficient (Wildman–Crippen LogP) is 1.69. The van der Waals surface area contributed by atoms with Crippen LogP contribution in [0.25, 0.3) is 0 Å². The molecule has 0 saturated heterocycles. The Labute approximate surface area is 105 Å². The summed E-state index contributed by atoms with van der Waals surface area (Å²) in [6.07, 6.45) is 1.53. The van der Waals surface area contributed by atoms with Gasteiger partial charge in [-0.2, -0.15) is 5.10 Å². The first kappa shape index (κ1) is 11.7. The molecule has 0 saturated carbocycles. The fourth-order valence-corrected chi connectivity index (χ4v) is 1.77. The minimum Gasteiger partial charge on any atom is -0.397 e. The van der Waals surface area contributed by atoms with Gasteiger partial charge in [0.2, 0.25) is 0 Å². The number of nitrogens with two attached hydrogens (primary N) is 1. The summed E-state index contributed by atoms with van der Waals surface area (Å²) in [5.41, 5.74) is 7.50. The first-order chi connectivity index (χ1) is 8.08. The molecule has 6 heteroatoms. The number of halogens is 1. The smallest absolute Gasteiger partial charge is 0.146 e. The summed E-state index contributed by atoms with van der Waals surface area (Å²) in [6, 6.07) is 5.41. The summed E-state index contributed by atoms with van der Waals surface area (Å²) in [6.45, 7) is 0.626. The lowest BCUT2D eigenvalue weighted by molar-refractivity contribution is 0.689. The number of rotatable bonds is 3. The lowest BCUT2D eigenvalue weighted by Gasteiger charge is -2.20. The van der Waals surface area contributed by atoms with Crippen molar-refractivity contribution in [1.29, 1.82) is 0 Å². The average molecular weight is 252 g/mol. The van der Waals surface area contributed by atoms with E-state index in [-0.39, 0.29) is 0 Å². The largest absolute Gasteiger partial charge is 0.397 e. The second-order valence-electron chi connectivity index (χ2n) is 3.86. The van der Waals surface area contributed by atoms with E-state index in [0.717, 1.165) is 11.5 Å². The summed E-state index contributed by atoms with van der Waals surface area (Å²) in [5.74, 6) is 0.867. The molecule has 0 aliphatic rings. The van der Waals surface area contributed by atoms with Gasteiger partial charge in [-0.25, -0.2) is 4.98 Å². The molecule has 2 N–H and O–H groups in total. The highest BCUT2D eigenvalue weighted by Gasteiger charge is 2.09. The van der Waals surface area contributed by atoms with Crippen LogP contribution in [0.4, 0.5) is 11.4 Å². The quantitative estimate of drug-likeness (QED) is 0.844. The first-order valence-electron chi connectivity index (χ1n) is 5.17. The normalized spacial score (nSPS) is 10.5. The van der Waals surface area contributed by atoms with E-state index in [9.17, 15) is 0 Å². The fourth-order valence-electron chi connectivity index (χ4n) is 1.61. The third-order valence-corrected chi connectivity index (χ3v) is 2.82. The molecule has 0 bridgehead atoms. The molecule has 0 aliphatic heterocycles. The second-order valence-corrected chi connectivity index (χ2v) is 4.30. The van der Waals surface area contributed by atoms with Crippen molar-refractivity contribution in [3.8, 4) is 0 Å². The molecule has 0 fully saturated rings. The topological polar surface area (TPSA) is 60.0 Å². The molecule has 90 valence electrons. The van der Waals surface area contributed by atoms with Crippen molar-refractivity contribution in [3.05, 3.63) is 35.4 Å². The predicted molar refractivity (Wildman–Crippen MR) is 69.0 cm³/mol. The van der Waals surface area contributed by atoms with Gasteiger partial charge in [0.1, 0.15) is 12.2 Å². The molecule has 1 aromatic carbocycles. The van der Waals surface area contributed by atoms with Gasteiger partial charge in [0.15, 0.2) is 0 Å². The zero-order valence-electron chi connectivity index (χ0n) is 9.76. The molecule has 0 radical (unpaired) electrons. The number of nitrogen functional groups attached to an aromatic ring is 1. The lowest BCUT2D eigenvalue weighted by atomic mass is 10.2. The van der Waals surface area contributed by atoms with Crippen molar-refractivity contribution in [1.82, 2.24) is 14.8 Å². The summed E-state index contributed by atoms with van der Waals surface area (Å²) in [5, 5.41) is 4.69. The highest BCUT2D eigenvalue weighted by molar-refractivity contribution is 6.31. The summed E-state index contributed by atoms with van der Waals surface area (Å²) in [4.78, 5) is 6.16. The Kier molecular flexibility index (Phi) is 3.19. The standard InChI is InChI=1S/C11H14ClN5/c1-16(6-11-14-7-15-17(11)2)10-5-8(12)3-4-9(10)13/h3-5,7H,6,13H2,1-2H3. The highest BCUT2D eigenvalue weighted by Crippen LogP contribution is 2.26. The number of anilines is 2. The maximum atomic E-state index is 5.96. The Bertz CT molecular complexity index is 522. The monoisotopic (exact) mass is 251 g/mol. The number of nitrogens with zero attached hydrogens (tertiary/aromatic N) is 4. The van der Waals surface area contributed by atoms with E-state index in [1.54, 1.807) is 16.8 Å². The minimum absolute atomic E-state index is 0.626. The van der Waals surface area contributed by atoms with Gasteiger partial charge in [-0.05, 0) is 18.2 Å². The highest BCUT2D eigenvalue weighted by atomic mass is 35.5. The van der Waals surface area contributed by atoms with Gasteiger partial charge >= 0.3 is 0 Å². The molecule has 17 heavy (non-hydrogen) atoms. The number of hydrogen-bond acceptors (Lipinski definition) is 4. The molecule has 0 aliphatic carbocycles. The van der Waals surface area contributed by atoms with Gasteiger partial charge in [-0.3, -0.25) is 4.68 Å². The Morgan fingerprint density at radius 3 is 2.88 bits per heavy atom. The van der Waals surface area contributed by atoms with E-state index in [4.69, 9.17) is 17.3 Å². The zero-order chi connectivity index (χ0) is 12.4. The van der Waals surface area contributed by atoms with E-state index in [1.165, 1.54) is 6.33 Å². The Morgan fingerprint density at radius 2 is 2.24 bits per heavy atom. The maximum Gasteiger partial charge on any atom is 0.146 e. The van der Waals surface area contributed by atoms with Crippen LogP contribution in [0, 0.1) is 0 Å². The molecule has 2 aromatic rings. The van der Waals surface area contributed by atoms with Gasteiger partial charge in [0.05, 0.1) is 17.9 Å². The molecule has 2 rings (SSSR count). The van der Waals surface area contributed by atoms with E-state index in [2.05, 4.69) is 10.1 Å². The third-order valence-electron chi connectivity index (χ3n) is 2.59. The van der Waals surface area contributed by atoms with Crippen molar-refractivity contribution in [2.75, 3.05) is 17.7 Å². The Hall–Kier alpha value is -1.75. The van der Waals surface area contributed by atoms with E-state index < -0.39 is 0 Å². The maximum absolute atomic E-state index is 5.96. The van der Waals surface area contributed by atoms with Gasteiger partial charge < -0.3 is 10.6 Å². The molecule has 0 amide bonds. The first-order valence-corrected chi connectivity index (χ1v) is 5.55. The van der Waals surface area contributed by atoms with Crippen LogP contribution in [-0.4, -0.2) is 21.8 Å². The van der Waals surface area contributed by atoms with Crippen molar-refractivity contribution >= 4 is 23.0 Å². The van der Waals surface area contributed by atoms with E-state index >= 15 is 0 Å². The van der Waals surface area contributed by atoms with Gasteiger partial charge in [0.25, 0.3) is 0 Å². The minimum atomic E-state index is 0.626. The molecular weight excluding hydrogens is 238 g/mol. The van der Waals surface area contributed by atoms with E-state index in [0.29, 0.717) is 17.3 Å². The number of hydrogen-bond donors (Lipinski definition) is 1. The van der Waals surface area contributed by atoms with Gasteiger partial charge in [-0.1, -0.05) is 11.6 Å². The van der Waals surface area contributed by atoms with E-state index in [1.807, 2.05) is 25.1 Å². The fraction of sp³-hybridized carbons (Fsp3) is 0.273. The molecule has 1 heterocycles. The van der Waals surface area contributed by atoms with Crippen LogP contribution >= 0.6 is 11.6 Å². The Morgan fingerprint density at radius 1 is 1.47 bits per heavy atom. The van der Waals surface area contributed by atoms with Gasteiger partial charge in [-0.15, -0.1) is 0 Å². The molecular formula is C11H14ClN5. The SMILES string of the molecule is CN(Cc1ncnn1C)c1cc(Cl)ccc1N. The zero-order valence-corrected chi connectivity index (χ0v) is 10.5. The van der Waals surface area contributed by atoms with Crippen LogP contribution in [0.15, 0.2) is 24.5 Å². The summed E-state index contributed by atoms with van der Waals surface area (Å²) in [7, 11) is 3.80. The van der Waals surface area contributed by atoms with Crippen LogP contribution < -0.4 is 10.6 Å². The van der Waals surface area contributed by atoms with Crippen LogP contribution in [-0.2, 0) is 13.6 Å². The molecule has 5 nitrogen and oxygen atoms in total. The van der Waals surface area contributed by atoms with Crippen molar-refractivity contribution < 1.29 is 0 Å². The molecule has 0 atom stereocenters. The molecule has 0 unspecified atom stereocenters. The summed E-state index contributed by atoms with van der Waals surface area (Å²) >= 11 is 5.96. The van der Waals surface area contributed by atoms with Crippen molar-refractivity contribution in [2.45, 2.75) is 6.54 Å². The van der Waals surface area contributed by atoms with Gasteiger partial charge in [0, 0.05) is 19.1 Å². The van der Waals surface area contributed by atoms with Crippen LogP contribution in [0.3, 0.4) is 0 Å². The lowest BCUT2D eigenvalue weighted by Crippen LogP contribution is -2.20. The average Bonchev–Trinajstić information content (AvgIpc) is 2.68. The van der Waals surface area contributed by atoms with Crippen LogP contribution in [0.5, 0.6) is 0 Å². The second kappa shape index (κ2) is 4.63. The third kappa shape index (κ3) is 2.50. The molecule has 1 aromatic heterocycles. The number of benzene rings is 1.